The normalized spacial score (nSPS) is 10.4. The highest BCUT2D eigenvalue weighted by atomic mass is 16.5. The smallest absolute Gasteiger partial charge is 0.255 e. The van der Waals surface area contributed by atoms with Crippen LogP contribution < -0.4 is 15.4 Å². The van der Waals surface area contributed by atoms with Gasteiger partial charge in [-0.15, -0.1) is 0 Å². The van der Waals surface area contributed by atoms with Crippen molar-refractivity contribution < 1.29 is 9.53 Å². The standard InChI is InChI=1S/C22H20N6O2/c1-2-30-19-10-4-16(5-11-19)22(29)27-18-8-6-17(7-9-18)26-20-14-21(24-15-23-20)28-13-3-12-25-28/h3-15H,2H2,1H3,(H,27,29)(H,23,24,26). The van der Waals surface area contributed by atoms with Crippen molar-refractivity contribution in [1.82, 2.24) is 19.7 Å². The number of ether oxygens (including phenoxy) is 1. The van der Waals surface area contributed by atoms with Crippen molar-refractivity contribution in [1.29, 1.82) is 0 Å². The Hall–Kier alpha value is -4.20. The summed E-state index contributed by atoms with van der Waals surface area (Å²) in [5.74, 6) is 1.86. The third-order valence-electron chi connectivity index (χ3n) is 4.23. The van der Waals surface area contributed by atoms with Gasteiger partial charge in [-0.05, 0) is 61.5 Å². The number of aromatic nitrogens is 4. The Labute approximate surface area is 173 Å². The lowest BCUT2D eigenvalue weighted by molar-refractivity contribution is 0.102. The van der Waals surface area contributed by atoms with E-state index in [9.17, 15) is 4.79 Å². The molecule has 150 valence electrons. The van der Waals surface area contributed by atoms with Gasteiger partial charge in [-0.1, -0.05) is 0 Å². The van der Waals surface area contributed by atoms with Gasteiger partial charge < -0.3 is 15.4 Å². The Morgan fingerprint density at radius 1 is 1.03 bits per heavy atom. The van der Waals surface area contributed by atoms with Crippen LogP contribution in [0.2, 0.25) is 0 Å². The first-order valence-corrected chi connectivity index (χ1v) is 9.44. The molecule has 0 aliphatic rings. The molecule has 0 saturated carbocycles. The lowest BCUT2D eigenvalue weighted by atomic mass is 10.2. The van der Waals surface area contributed by atoms with E-state index >= 15 is 0 Å². The Bertz CT molecular complexity index is 1110. The van der Waals surface area contributed by atoms with E-state index in [-0.39, 0.29) is 5.91 Å². The van der Waals surface area contributed by atoms with Crippen LogP contribution in [0.4, 0.5) is 17.2 Å². The summed E-state index contributed by atoms with van der Waals surface area (Å²) < 4.78 is 7.06. The summed E-state index contributed by atoms with van der Waals surface area (Å²) in [6.45, 7) is 2.51. The van der Waals surface area contributed by atoms with Crippen molar-refractivity contribution in [3.63, 3.8) is 0 Å². The average molecular weight is 400 g/mol. The molecule has 8 nitrogen and oxygen atoms in total. The number of nitrogens with one attached hydrogen (secondary N) is 2. The lowest BCUT2D eigenvalue weighted by Gasteiger charge is -2.09. The first-order chi connectivity index (χ1) is 14.7. The SMILES string of the molecule is CCOc1ccc(C(=O)Nc2ccc(Nc3cc(-n4cccn4)ncn3)cc2)cc1. The fourth-order valence-electron chi connectivity index (χ4n) is 2.80. The molecule has 0 unspecified atom stereocenters. The topological polar surface area (TPSA) is 94.0 Å². The summed E-state index contributed by atoms with van der Waals surface area (Å²) in [7, 11) is 0. The lowest BCUT2D eigenvalue weighted by Crippen LogP contribution is -2.11. The second kappa shape index (κ2) is 8.87. The van der Waals surface area contributed by atoms with E-state index in [0.717, 1.165) is 11.4 Å². The Kier molecular flexibility index (Phi) is 5.66. The fourth-order valence-corrected chi connectivity index (χ4v) is 2.80. The molecule has 30 heavy (non-hydrogen) atoms. The molecule has 2 heterocycles. The Morgan fingerprint density at radius 3 is 2.50 bits per heavy atom. The number of anilines is 3. The number of carbonyl (C=O) groups is 1. The highest BCUT2D eigenvalue weighted by molar-refractivity contribution is 6.04. The largest absolute Gasteiger partial charge is 0.494 e. The molecule has 0 bridgehead atoms. The summed E-state index contributed by atoms with van der Waals surface area (Å²) in [6, 6.07) is 18.0. The number of rotatable bonds is 7. The summed E-state index contributed by atoms with van der Waals surface area (Å²) in [4.78, 5) is 20.9. The molecule has 4 aromatic rings. The molecule has 0 fully saturated rings. The summed E-state index contributed by atoms with van der Waals surface area (Å²) in [6.07, 6.45) is 4.98. The number of hydrogen-bond donors (Lipinski definition) is 2. The van der Waals surface area contributed by atoms with E-state index in [1.54, 1.807) is 41.2 Å². The molecule has 2 aromatic heterocycles. The fraction of sp³-hybridized carbons (Fsp3) is 0.0909. The third-order valence-corrected chi connectivity index (χ3v) is 4.23. The maximum atomic E-state index is 12.4. The summed E-state index contributed by atoms with van der Waals surface area (Å²) >= 11 is 0. The number of carbonyl (C=O) groups excluding carboxylic acids is 1. The molecule has 2 aromatic carbocycles. The number of amides is 1. The van der Waals surface area contributed by atoms with E-state index in [4.69, 9.17) is 4.74 Å². The van der Waals surface area contributed by atoms with Crippen molar-refractivity contribution in [2.45, 2.75) is 6.92 Å². The van der Waals surface area contributed by atoms with E-state index in [1.807, 2.05) is 43.5 Å². The van der Waals surface area contributed by atoms with Gasteiger partial charge in [0.2, 0.25) is 0 Å². The highest BCUT2D eigenvalue weighted by Crippen LogP contribution is 2.19. The second-order valence-corrected chi connectivity index (χ2v) is 6.33. The molecule has 0 aliphatic carbocycles. The molecule has 1 amide bonds. The predicted octanol–water partition coefficient (Wildman–Crippen LogP) is 4.06. The van der Waals surface area contributed by atoms with Gasteiger partial charge in [0, 0.05) is 35.4 Å². The third kappa shape index (κ3) is 4.61. The zero-order valence-corrected chi connectivity index (χ0v) is 16.3. The number of nitrogens with zero attached hydrogens (tertiary/aromatic N) is 4. The van der Waals surface area contributed by atoms with Crippen LogP contribution in [-0.4, -0.2) is 32.3 Å². The van der Waals surface area contributed by atoms with Crippen LogP contribution in [0.3, 0.4) is 0 Å². The van der Waals surface area contributed by atoms with Crippen LogP contribution in [0, 0.1) is 0 Å². The molecular weight excluding hydrogens is 380 g/mol. The molecule has 4 rings (SSSR count). The zero-order chi connectivity index (χ0) is 20.8. The van der Waals surface area contributed by atoms with Crippen LogP contribution in [0.1, 0.15) is 17.3 Å². The van der Waals surface area contributed by atoms with Crippen LogP contribution in [0.5, 0.6) is 5.75 Å². The average Bonchev–Trinajstić information content (AvgIpc) is 3.31. The van der Waals surface area contributed by atoms with Crippen molar-refractivity contribution in [3.05, 3.63) is 84.9 Å². The summed E-state index contributed by atoms with van der Waals surface area (Å²) in [5.41, 5.74) is 2.09. The first-order valence-electron chi connectivity index (χ1n) is 9.44. The Morgan fingerprint density at radius 2 is 1.80 bits per heavy atom. The van der Waals surface area contributed by atoms with Crippen LogP contribution in [0.25, 0.3) is 5.82 Å². The van der Waals surface area contributed by atoms with Crippen LogP contribution in [0.15, 0.2) is 79.4 Å². The van der Waals surface area contributed by atoms with Gasteiger partial charge in [0.25, 0.3) is 5.91 Å². The maximum Gasteiger partial charge on any atom is 0.255 e. The Balaban J connectivity index is 1.39. The van der Waals surface area contributed by atoms with Gasteiger partial charge in [-0.25, -0.2) is 14.6 Å². The minimum absolute atomic E-state index is 0.182. The first kappa shape index (κ1) is 19.1. The monoisotopic (exact) mass is 400 g/mol. The van der Waals surface area contributed by atoms with E-state index in [1.165, 1.54) is 6.33 Å². The quantitative estimate of drug-likeness (QED) is 0.486. The van der Waals surface area contributed by atoms with Gasteiger partial charge in [-0.3, -0.25) is 4.79 Å². The van der Waals surface area contributed by atoms with Crippen LogP contribution in [-0.2, 0) is 0 Å². The molecule has 0 atom stereocenters. The van der Waals surface area contributed by atoms with Gasteiger partial charge in [0.15, 0.2) is 5.82 Å². The van der Waals surface area contributed by atoms with Gasteiger partial charge in [-0.2, -0.15) is 5.10 Å². The van der Waals surface area contributed by atoms with Crippen LogP contribution >= 0.6 is 0 Å². The summed E-state index contributed by atoms with van der Waals surface area (Å²) in [5, 5.41) is 10.3. The minimum Gasteiger partial charge on any atom is -0.494 e. The van der Waals surface area contributed by atoms with Gasteiger partial charge in [0.05, 0.1) is 6.61 Å². The minimum atomic E-state index is -0.182. The number of benzene rings is 2. The zero-order valence-electron chi connectivity index (χ0n) is 16.3. The van der Waals surface area contributed by atoms with E-state index in [0.29, 0.717) is 29.5 Å². The van der Waals surface area contributed by atoms with Gasteiger partial charge in [0.1, 0.15) is 17.9 Å². The molecule has 0 aliphatic heterocycles. The molecule has 0 saturated heterocycles. The molecule has 0 spiro atoms. The second-order valence-electron chi connectivity index (χ2n) is 6.33. The number of hydrogen-bond acceptors (Lipinski definition) is 6. The van der Waals surface area contributed by atoms with Crippen molar-refractivity contribution in [2.24, 2.45) is 0 Å². The van der Waals surface area contributed by atoms with E-state index in [2.05, 4.69) is 25.7 Å². The van der Waals surface area contributed by atoms with Crippen molar-refractivity contribution in [3.8, 4) is 11.6 Å². The molecule has 2 N–H and O–H groups in total. The maximum absolute atomic E-state index is 12.4. The van der Waals surface area contributed by atoms with Gasteiger partial charge >= 0.3 is 0 Å². The highest BCUT2D eigenvalue weighted by Gasteiger charge is 2.07. The van der Waals surface area contributed by atoms with E-state index < -0.39 is 0 Å². The molecular formula is C22H20N6O2. The van der Waals surface area contributed by atoms with Crippen molar-refractivity contribution in [2.75, 3.05) is 17.2 Å². The predicted molar refractivity (Wildman–Crippen MR) is 114 cm³/mol. The molecule has 0 radical (unpaired) electrons. The van der Waals surface area contributed by atoms with Crippen molar-refractivity contribution >= 4 is 23.1 Å². The molecule has 8 heteroatoms.